The molecule has 1 amide bonds. The van der Waals surface area contributed by atoms with Crippen LogP contribution in [0.25, 0.3) is 0 Å². The summed E-state index contributed by atoms with van der Waals surface area (Å²) in [6.45, 7) is -0.406. The Bertz CT molecular complexity index is 971. The monoisotopic (exact) mass is 498 g/mol. The Hall–Kier alpha value is -2.27. The predicted molar refractivity (Wildman–Crippen MR) is 95.6 cm³/mol. The lowest BCUT2D eigenvalue weighted by molar-refractivity contribution is -0.449. The molecule has 1 aromatic rings. The number of hydrogen-bond donors (Lipinski definition) is 15. The lowest BCUT2D eigenvalue weighted by Crippen LogP contribution is -2.74. The van der Waals surface area contributed by atoms with Crippen molar-refractivity contribution in [1.82, 2.24) is 5.32 Å². The summed E-state index contributed by atoms with van der Waals surface area (Å²) in [5, 5.41) is 130. The molecule has 16 N–H and O–H groups in total. The first-order valence-corrected chi connectivity index (χ1v) is 9.04. The summed E-state index contributed by atoms with van der Waals surface area (Å²) in [5.74, 6) is -26.1. The van der Waals surface area contributed by atoms with Gasteiger partial charge in [0.25, 0.3) is 29.1 Å². The number of carbonyl (C=O) groups is 1. The Morgan fingerprint density at radius 3 is 1.85 bits per heavy atom. The Kier molecular flexibility index (Phi) is 5.52. The van der Waals surface area contributed by atoms with Crippen LogP contribution in [0.4, 0.5) is 0 Å². The smallest absolute Gasteiger partial charge is 0.448 e. The fourth-order valence-electron chi connectivity index (χ4n) is 3.58. The molecule has 0 radical (unpaired) electrons. The van der Waals surface area contributed by atoms with Gasteiger partial charge in [0, 0.05) is 6.54 Å². The molecule has 192 valence electrons. The standard InChI is InChI=1S/C16H22N2O16/c17-11(22)12(23,24)13(25,26)14(27,28)15(11,29)33-8-3-5(1-2-7(8)34-16(30,31)32)6-4-18-9(19)10(6,20)21/h1-3,6,20-32H,4,17H2,(H,18,19). The molecule has 18 nitrogen and oxygen atoms in total. The minimum atomic E-state index is -4.63. The van der Waals surface area contributed by atoms with Gasteiger partial charge >= 0.3 is 11.9 Å². The number of aliphatic hydroxyl groups is 13. The largest absolute Gasteiger partial charge is 0.453 e. The molecule has 3 atom stereocenters. The molecular formula is C16H22N2O16. The molecule has 1 saturated carbocycles. The van der Waals surface area contributed by atoms with Crippen molar-refractivity contribution in [1.29, 1.82) is 0 Å². The molecule has 18 heteroatoms. The van der Waals surface area contributed by atoms with E-state index in [-0.39, 0.29) is 5.56 Å². The van der Waals surface area contributed by atoms with Crippen LogP contribution in [-0.4, -0.2) is 120 Å². The maximum absolute atomic E-state index is 11.6. The van der Waals surface area contributed by atoms with Gasteiger partial charge in [0.15, 0.2) is 11.5 Å². The van der Waals surface area contributed by atoms with E-state index in [0.29, 0.717) is 12.1 Å². The highest BCUT2D eigenvalue weighted by Crippen LogP contribution is 2.54. The third kappa shape index (κ3) is 3.26. The first-order chi connectivity index (χ1) is 15.0. The average molecular weight is 498 g/mol. The molecule has 1 aliphatic carbocycles. The fraction of sp³-hybridized carbons (Fsp3) is 0.562. The van der Waals surface area contributed by atoms with Gasteiger partial charge in [-0.1, -0.05) is 6.07 Å². The van der Waals surface area contributed by atoms with Crippen LogP contribution < -0.4 is 20.5 Å². The van der Waals surface area contributed by atoms with E-state index in [9.17, 15) is 55.9 Å². The zero-order chi connectivity index (χ0) is 26.3. The van der Waals surface area contributed by atoms with Gasteiger partial charge in [-0.3, -0.25) is 10.5 Å². The second-order valence-electron chi connectivity index (χ2n) is 7.90. The number of nitrogens with two attached hydrogens (primary N) is 1. The number of ether oxygens (including phenoxy) is 2. The van der Waals surface area contributed by atoms with Gasteiger partial charge in [-0.05, 0) is 17.7 Å². The summed E-state index contributed by atoms with van der Waals surface area (Å²) in [7, 11) is 0. The topological polar surface area (TPSA) is 337 Å². The van der Waals surface area contributed by atoms with Crippen molar-refractivity contribution >= 4 is 5.91 Å². The van der Waals surface area contributed by atoms with E-state index in [2.05, 4.69) is 10.1 Å². The predicted octanol–water partition coefficient (Wildman–Crippen LogP) is -8.68. The molecule has 1 aromatic carbocycles. The first-order valence-electron chi connectivity index (χ1n) is 9.04. The van der Waals surface area contributed by atoms with Gasteiger partial charge in [0.05, 0.1) is 5.92 Å². The van der Waals surface area contributed by atoms with E-state index in [1.165, 1.54) is 0 Å². The Balaban J connectivity index is 2.18. The average Bonchev–Trinajstić information content (AvgIpc) is 2.95. The molecule has 0 spiro atoms. The van der Waals surface area contributed by atoms with Crippen molar-refractivity contribution in [3.8, 4) is 11.5 Å². The SMILES string of the molecule is NC1(O)C(O)(O)C(O)(O)C(O)(O)C1(O)Oc1cc(C2CNC(=O)C2(O)O)ccc1OC(O)(O)O. The maximum atomic E-state index is 11.6. The van der Waals surface area contributed by atoms with Crippen LogP contribution in [0.15, 0.2) is 18.2 Å². The highest BCUT2D eigenvalue weighted by Gasteiger charge is 2.92. The maximum Gasteiger partial charge on any atom is 0.453 e. The second-order valence-corrected chi connectivity index (χ2v) is 7.90. The fourth-order valence-corrected chi connectivity index (χ4v) is 3.58. The Labute approximate surface area is 187 Å². The molecule has 2 fully saturated rings. The van der Waals surface area contributed by atoms with Crippen LogP contribution in [-0.2, 0) is 4.79 Å². The van der Waals surface area contributed by atoms with Crippen molar-refractivity contribution in [2.75, 3.05) is 6.54 Å². The summed E-state index contributed by atoms with van der Waals surface area (Å²) in [4.78, 5) is 11.6. The molecule has 0 aromatic heterocycles. The number of amides is 1. The third-order valence-corrected chi connectivity index (χ3v) is 5.65. The van der Waals surface area contributed by atoms with Crippen molar-refractivity contribution in [2.24, 2.45) is 5.73 Å². The van der Waals surface area contributed by atoms with Crippen LogP contribution in [0.1, 0.15) is 11.5 Å². The summed E-state index contributed by atoms with van der Waals surface area (Å²) in [6, 6.07) is 2.23. The molecule has 1 saturated heterocycles. The van der Waals surface area contributed by atoms with Gasteiger partial charge in [-0.25, -0.2) is 0 Å². The molecule has 3 rings (SSSR count). The van der Waals surface area contributed by atoms with E-state index in [0.717, 1.165) is 6.07 Å². The highest BCUT2D eigenvalue weighted by molar-refractivity contribution is 5.87. The summed E-state index contributed by atoms with van der Waals surface area (Å²) >= 11 is 0. The normalized spacial score (nSPS) is 33.5. The second kappa shape index (κ2) is 7.13. The summed E-state index contributed by atoms with van der Waals surface area (Å²) in [5.41, 5.74) is 0.612. The number of hydrogen-bond acceptors (Lipinski definition) is 17. The van der Waals surface area contributed by atoms with Crippen LogP contribution in [0.2, 0.25) is 0 Å². The third-order valence-electron chi connectivity index (χ3n) is 5.65. The number of carbonyl (C=O) groups excluding carboxylic acids is 1. The van der Waals surface area contributed by atoms with Gasteiger partial charge in [0.2, 0.25) is 5.72 Å². The number of nitrogens with one attached hydrogen (secondary N) is 1. The molecule has 2 aliphatic rings. The molecule has 1 aliphatic heterocycles. The highest BCUT2D eigenvalue weighted by atomic mass is 16.9. The number of benzene rings is 1. The van der Waals surface area contributed by atoms with Crippen LogP contribution in [0.5, 0.6) is 11.5 Å². The van der Waals surface area contributed by atoms with Gasteiger partial charge < -0.3 is 81.2 Å². The van der Waals surface area contributed by atoms with Crippen molar-refractivity contribution in [2.45, 2.75) is 46.7 Å². The Morgan fingerprint density at radius 1 is 0.882 bits per heavy atom. The summed E-state index contributed by atoms with van der Waals surface area (Å²) < 4.78 is 9.06. The van der Waals surface area contributed by atoms with E-state index in [1.54, 1.807) is 0 Å². The van der Waals surface area contributed by atoms with E-state index < -0.39 is 70.7 Å². The molecular weight excluding hydrogens is 476 g/mol. The Morgan fingerprint density at radius 2 is 1.44 bits per heavy atom. The lowest BCUT2D eigenvalue weighted by atomic mass is 9.92. The molecule has 1 heterocycles. The molecule has 3 unspecified atom stereocenters. The van der Waals surface area contributed by atoms with Crippen molar-refractivity contribution in [3.05, 3.63) is 23.8 Å². The molecule has 34 heavy (non-hydrogen) atoms. The van der Waals surface area contributed by atoms with Crippen LogP contribution >= 0.6 is 0 Å². The van der Waals surface area contributed by atoms with Gasteiger partial charge in [-0.15, -0.1) is 0 Å². The van der Waals surface area contributed by atoms with E-state index in [1.807, 2.05) is 0 Å². The van der Waals surface area contributed by atoms with E-state index in [4.69, 9.17) is 25.8 Å². The van der Waals surface area contributed by atoms with Crippen molar-refractivity contribution < 1.29 is 80.7 Å². The lowest BCUT2D eigenvalue weighted by Gasteiger charge is -2.40. The summed E-state index contributed by atoms with van der Waals surface area (Å²) in [6.07, 6.45) is -3.95. The van der Waals surface area contributed by atoms with Crippen LogP contribution in [0.3, 0.4) is 0 Å². The minimum Gasteiger partial charge on any atom is -0.448 e. The van der Waals surface area contributed by atoms with Crippen molar-refractivity contribution in [3.63, 3.8) is 0 Å². The zero-order valence-electron chi connectivity index (χ0n) is 16.6. The van der Waals surface area contributed by atoms with Gasteiger partial charge in [-0.2, -0.15) is 0 Å². The van der Waals surface area contributed by atoms with Crippen LogP contribution in [0, 0.1) is 0 Å². The zero-order valence-corrected chi connectivity index (χ0v) is 16.6. The molecule has 0 bridgehead atoms. The van der Waals surface area contributed by atoms with Gasteiger partial charge in [0.1, 0.15) is 0 Å². The minimum absolute atomic E-state index is 0.285. The number of rotatable bonds is 5. The van der Waals surface area contributed by atoms with E-state index >= 15 is 0 Å². The quantitative estimate of drug-likeness (QED) is 0.167. The first kappa shape index (κ1) is 26.3.